The number of benzene rings is 2. The molecule has 1 heterocycles. The maximum Gasteiger partial charge on any atom is 0.272 e. The van der Waals surface area contributed by atoms with Crippen molar-refractivity contribution < 1.29 is 22.5 Å². The van der Waals surface area contributed by atoms with Gasteiger partial charge in [-0.15, -0.1) is 4.83 Å². The van der Waals surface area contributed by atoms with Crippen LogP contribution in [-0.4, -0.2) is 26.1 Å². The van der Waals surface area contributed by atoms with E-state index in [1.807, 2.05) is 47.3 Å². The van der Waals surface area contributed by atoms with Crippen LogP contribution in [0.4, 0.5) is 0 Å². The molecular formula is C19H19N3O5S. The van der Waals surface area contributed by atoms with Gasteiger partial charge in [-0.05, 0) is 25.5 Å². The first-order valence-corrected chi connectivity index (χ1v) is 9.87. The van der Waals surface area contributed by atoms with Crippen LogP contribution >= 0.6 is 0 Å². The number of hydrazine groups is 1. The first kappa shape index (κ1) is 19.6. The molecule has 0 spiro atoms. The van der Waals surface area contributed by atoms with Crippen LogP contribution in [-0.2, 0) is 14.8 Å². The van der Waals surface area contributed by atoms with Gasteiger partial charge < -0.3 is 9.26 Å². The summed E-state index contributed by atoms with van der Waals surface area (Å²) in [5.41, 5.74) is 4.09. The number of nitrogens with one attached hydrogen (secondary N) is 2. The van der Waals surface area contributed by atoms with Crippen LogP contribution in [0.5, 0.6) is 5.75 Å². The second kappa shape index (κ2) is 8.24. The molecule has 0 radical (unpaired) electrons. The van der Waals surface area contributed by atoms with Gasteiger partial charge in [0.2, 0.25) is 0 Å². The van der Waals surface area contributed by atoms with E-state index in [-0.39, 0.29) is 23.0 Å². The molecular weight excluding hydrogens is 382 g/mol. The summed E-state index contributed by atoms with van der Waals surface area (Å²) in [4.78, 5) is 14.0. The number of hydrogen-bond acceptors (Lipinski definition) is 6. The minimum atomic E-state index is -4.00. The summed E-state index contributed by atoms with van der Waals surface area (Å²) in [5, 5.41) is 3.59. The summed E-state index contributed by atoms with van der Waals surface area (Å²) in [6.45, 7) is 2.60. The number of amides is 1. The summed E-state index contributed by atoms with van der Waals surface area (Å²) in [6, 6.07) is 16.9. The van der Waals surface area contributed by atoms with Crippen molar-refractivity contribution in [3.05, 3.63) is 66.1 Å². The number of rotatable bonds is 7. The van der Waals surface area contributed by atoms with Gasteiger partial charge in [-0.2, -0.15) is 0 Å². The molecule has 0 unspecified atom stereocenters. The number of nitrogens with zero attached hydrogens (tertiary/aromatic N) is 1. The van der Waals surface area contributed by atoms with E-state index in [4.69, 9.17) is 9.26 Å². The van der Waals surface area contributed by atoms with Crippen LogP contribution in [0.15, 0.2) is 64.0 Å². The Morgan fingerprint density at radius 3 is 2.43 bits per heavy atom. The average Bonchev–Trinajstić information content (AvgIpc) is 3.05. The minimum Gasteiger partial charge on any atom is -0.483 e. The van der Waals surface area contributed by atoms with Gasteiger partial charge in [0, 0.05) is 5.56 Å². The van der Waals surface area contributed by atoms with E-state index in [9.17, 15) is 13.2 Å². The Hall–Kier alpha value is -3.17. The number of para-hydroxylation sites is 1. The number of carbonyl (C=O) groups is 1. The molecule has 3 rings (SSSR count). The molecule has 0 saturated heterocycles. The SMILES string of the molecule is Cc1noc(C)c1S(=O)(=O)NNC(=O)COc1ccccc1-c1ccccc1. The zero-order valence-corrected chi connectivity index (χ0v) is 16.1. The van der Waals surface area contributed by atoms with Crippen molar-refractivity contribution in [1.82, 2.24) is 15.4 Å². The zero-order chi connectivity index (χ0) is 20.1. The third-order valence-corrected chi connectivity index (χ3v) is 5.38. The van der Waals surface area contributed by atoms with Crippen molar-refractivity contribution in [2.45, 2.75) is 18.7 Å². The highest BCUT2D eigenvalue weighted by atomic mass is 32.2. The molecule has 8 nitrogen and oxygen atoms in total. The van der Waals surface area contributed by atoms with Crippen LogP contribution < -0.4 is 15.0 Å². The second-order valence-corrected chi connectivity index (χ2v) is 7.58. The molecule has 146 valence electrons. The fraction of sp³-hybridized carbons (Fsp3) is 0.158. The maximum atomic E-state index is 12.3. The molecule has 0 bridgehead atoms. The van der Waals surface area contributed by atoms with Crippen molar-refractivity contribution >= 4 is 15.9 Å². The summed E-state index contributed by atoms with van der Waals surface area (Å²) in [7, 11) is -4.00. The van der Waals surface area contributed by atoms with E-state index in [0.29, 0.717) is 5.75 Å². The first-order valence-electron chi connectivity index (χ1n) is 8.39. The van der Waals surface area contributed by atoms with Gasteiger partial charge in [0.1, 0.15) is 16.3 Å². The lowest BCUT2D eigenvalue weighted by Gasteiger charge is -2.12. The normalized spacial score (nSPS) is 11.2. The molecule has 28 heavy (non-hydrogen) atoms. The van der Waals surface area contributed by atoms with Gasteiger partial charge in [-0.25, -0.2) is 8.42 Å². The lowest BCUT2D eigenvalue weighted by atomic mass is 10.1. The van der Waals surface area contributed by atoms with Crippen LogP contribution in [0.25, 0.3) is 11.1 Å². The van der Waals surface area contributed by atoms with Crippen molar-refractivity contribution in [1.29, 1.82) is 0 Å². The minimum absolute atomic E-state index is 0.108. The Morgan fingerprint density at radius 1 is 1.07 bits per heavy atom. The standard InChI is InChI=1S/C19H19N3O5S/c1-13-19(14(2)27-21-13)28(24,25)22-20-18(23)12-26-17-11-7-6-10-16(17)15-8-4-3-5-9-15/h3-11,22H,12H2,1-2H3,(H,20,23). The molecule has 2 N–H and O–H groups in total. The Bertz CT molecular complexity index is 1060. The van der Waals surface area contributed by atoms with Crippen LogP contribution in [0, 0.1) is 13.8 Å². The average molecular weight is 401 g/mol. The molecule has 0 fully saturated rings. The molecule has 9 heteroatoms. The van der Waals surface area contributed by atoms with Gasteiger partial charge in [0.15, 0.2) is 12.4 Å². The Kier molecular flexibility index (Phi) is 5.76. The zero-order valence-electron chi connectivity index (χ0n) is 15.3. The van der Waals surface area contributed by atoms with E-state index in [1.165, 1.54) is 13.8 Å². The predicted molar refractivity (Wildman–Crippen MR) is 102 cm³/mol. The summed E-state index contributed by atoms with van der Waals surface area (Å²) in [5.74, 6) is -0.0112. The van der Waals surface area contributed by atoms with Crippen molar-refractivity contribution in [2.75, 3.05) is 6.61 Å². The highest BCUT2D eigenvalue weighted by Crippen LogP contribution is 2.29. The largest absolute Gasteiger partial charge is 0.483 e. The number of aromatic nitrogens is 1. The molecule has 0 saturated carbocycles. The van der Waals surface area contributed by atoms with Crippen molar-refractivity contribution in [3.63, 3.8) is 0 Å². The molecule has 1 amide bonds. The van der Waals surface area contributed by atoms with E-state index in [1.54, 1.807) is 12.1 Å². The van der Waals surface area contributed by atoms with Crippen molar-refractivity contribution in [2.24, 2.45) is 0 Å². The van der Waals surface area contributed by atoms with Gasteiger partial charge in [0.05, 0.1) is 0 Å². The fourth-order valence-electron chi connectivity index (χ4n) is 2.66. The van der Waals surface area contributed by atoms with E-state index >= 15 is 0 Å². The van der Waals surface area contributed by atoms with E-state index < -0.39 is 15.9 Å². The Labute approximate surface area is 162 Å². The maximum absolute atomic E-state index is 12.3. The summed E-state index contributed by atoms with van der Waals surface area (Å²) in [6.07, 6.45) is 0. The first-order chi connectivity index (χ1) is 13.4. The van der Waals surface area contributed by atoms with Gasteiger partial charge in [0.25, 0.3) is 15.9 Å². The number of carbonyl (C=O) groups excluding carboxylic acids is 1. The number of hydrogen-bond donors (Lipinski definition) is 2. The number of sulfonamides is 1. The molecule has 0 atom stereocenters. The molecule has 0 aliphatic heterocycles. The van der Waals surface area contributed by atoms with Gasteiger partial charge in [-0.3, -0.25) is 10.2 Å². The monoisotopic (exact) mass is 401 g/mol. The molecule has 0 aliphatic rings. The predicted octanol–water partition coefficient (Wildman–Crippen LogP) is 2.35. The lowest BCUT2D eigenvalue weighted by Crippen LogP contribution is -2.44. The highest BCUT2D eigenvalue weighted by molar-refractivity contribution is 7.89. The van der Waals surface area contributed by atoms with Crippen LogP contribution in [0.3, 0.4) is 0 Å². The third-order valence-electron chi connectivity index (χ3n) is 3.89. The fourth-order valence-corrected chi connectivity index (χ4v) is 3.85. The lowest BCUT2D eigenvalue weighted by molar-refractivity contribution is -0.123. The molecule has 3 aromatic rings. The van der Waals surface area contributed by atoms with Crippen LogP contribution in [0.2, 0.25) is 0 Å². The summed E-state index contributed by atoms with van der Waals surface area (Å²) < 4.78 is 35.0. The van der Waals surface area contributed by atoms with Gasteiger partial charge in [-0.1, -0.05) is 53.7 Å². The Morgan fingerprint density at radius 2 is 1.75 bits per heavy atom. The number of ether oxygens (including phenoxy) is 1. The highest BCUT2D eigenvalue weighted by Gasteiger charge is 2.24. The Balaban J connectivity index is 1.63. The van der Waals surface area contributed by atoms with Crippen molar-refractivity contribution in [3.8, 4) is 16.9 Å². The molecule has 0 aliphatic carbocycles. The topological polar surface area (TPSA) is 111 Å². The van der Waals surface area contributed by atoms with Gasteiger partial charge >= 0.3 is 0 Å². The molecule has 1 aromatic heterocycles. The quantitative estimate of drug-likeness (QED) is 0.588. The van der Waals surface area contributed by atoms with E-state index in [2.05, 4.69) is 10.6 Å². The third kappa shape index (κ3) is 4.38. The van der Waals surface area contributed by atoms with Crippen LogP contribution in [0.1, 0.15) is 11.5 Å². The van der Waals surface area contributed by atoms with E-state index in [0.717, 1.165) is 11.1 Å². The second-order valence-electron chi connectivity index (χ2n) is 5.96. The number of aryl methyl sites for hydroxylation is 2. The molecule has 2 aromatic carbocycles. The summed E-state index contributed by atoms with van der Waals surface area (Å²) >= 11 is 0. The smallest absolute Gasteiger partial charge is 0.272 e.